The molecule has 0 spiro atoms. The number of carbonyl (C=O) groups excluding carboxylic acids is 1. The maximum absolute atomic E-state index is 12.9. The monoisotopic (exact) mass is 417 g/mol. The van der Waals surface area contributed by atoms with Gasteiger partial charge < -0.3 is 10.2 Å². The predicted octanol–water partition coefficient (Wildman–Crippen LogP) is 3.66. The van der Waals surface area contributed by atoms with Crippen LogP contribution in [0, 0.1) is 5.92 Å². The van der Waals surface area contributed by atoms with Crippen LogP contribution in [0.4, 0.5) is 5.69 Å². The fraction of sp³-hybridized carbons (Fsp3) is 0.409. The molecule has 1 saturated carbocycles. The van der Waals surface area contributed by atoms with E-state index in [0.29, 0.717) is 24.4 Å². The Labute approximate surface area is 171 Å². The van der Waals surface area contributed by atoms with Gasteiger partial charge in [-0.25, -0.2) is 8.42 Å². The first-order valence-electron chi connectivity index (χ1n) is 9.88. The molecule has 1 aliphatic rings. The number of anilines is 1. The molecule has 0 aliphatic heterocycles. The average Bonchev–Trinajstić information content (AvgIpc) is 3.52. The van der Waals surface area contributed by atoms with Crippen molar-refractivity contribution in [3.63, 3.8) is 0 Å². The fourth-order valence-electron chi connectivity index (χ4n) is 3.36. The van der Waals surface area contributed by atoms with Gasteiger partial charge in [0.05, 0.1) is 22.3 Å². The topological polar surface area (TPSA) is 104 Å². The summed E-state index contributed by atoms with van der Waals surface area (Å²) in [5, 5.41) is 20.0. The molecule has 3 N–H and O–H groups in total. The molecular formula is C22H27NO5S. The lowest BCUT2D eigenvalue weighted by Gasteiger charge is -2.16. The Balaban J connectivity index is 1.87. The number of hydrogen-bond donors (Lipinski definition) is 3. The molecule has 1 fully saturated rings. The Hall–Kier alpha value is -2.38. The highest BCUT2D eigenvalue weighted by atomic mass is 32.2. The highest BCUT2D eigenvalue weighted by Crippen LogP contribution is 2.35. The number of aryl methyl sites for hydroxylation is 2. The lowest BCUT2D eigenvalue weighted by Crippen LogP contribution is -2.16. The average molecular weight is 418 g/mol. The molecule has 2 aromatic rings. The maximum Gasteiger partial charge on any atom is 0.261 e. The number of aromatic hydroxyl groups is 1. The summed E-state index contributed by atoms with van der Waals surface area (Å²) in [6, 6.07) is 9.23. The van der Waals surface area contributed by atoms with Gasteiger partial charge in [-0.3, -0.25) is 9.52 Å². The van der Waals surface area contributed by atoms with E-state index >= 15 is 0 Å². The van der Waals surface area contributed by atoms with Crippen LogP contribution in [0.15, 0.2) is 41.3 Å². The summed E-state index contributed by atoms with van der Waals surface area (Å²) >= 11 is 0. The molecular weight excluding hydrogens is 390 g/mol. The van der Waals surface area contributed by atoms with Crippen molar-refractivity contribution in [3.8, 4) is 5.75 Å². The molecule has 0 saturated heterocycles. The minimum Gasteiger partial charge on any atom is -0.507 e. The molecule has 0 bridgehead atoms. The number of ketones is 1. The van der Waals surface area contributed by atoms with Gasteiger partial charge in [-0.2, -0.15) is 0 Å². The van der Waals surface area contributed by atoms with Gasteiger partial charge in [-0.15, -0.1) is 0 Å². The third-order valence-electron chi connectivity index (χ3n) is 5.36. The van der Waals surface area contributed by atoms with Crippen molar-refractivity contribution in [2.75, 3.05) is 4.72 Å². The van der Waals surface area contributed by atoms with Crippen LogP contribution in [0.3, 0.4) is 0 Å². The summed E-state index contributed by atoms with van der Waals surface area (Å²) in [6.45, 7) is 3.30. The summed E-state index contributed by atoms with van der Waals surface area (Å²) < 4.78 is 28.4. The van der Waals surface area contributed by atoms with E-state index in [1.807, 2.05) is 19.1 Å². The van der Waals surface area contributed by atoms with E-state index in [1.54, 1.807) is 6.07 Å². The van der Waals surface area contributed by atoms with Crippen molar-refractivity contribution in [1.82, 2.24) is 0 Å². The van der Waals surface area contributed by atoms with Crippen molar-refractivity contribution < 1.29 is 23.4 Å². The van der Waals surface area contributed by atoms with Gasteiger partial charge in [0.1, 0.15) is 5.75 Å². The zero-order chi connectivity index (χ0) is 21.2. The summed E-state index contributed by atoms with van der Waals surface area (Å²) in [4.78, 5) is 11.5. The van der Waals surface area contributed by atoms with Crippen LogP contribution in [-0.2, 0) is 22.9 Å². The van der Waals surface area contributed by atoms with Gasteiger partial charge in [0, 0.05) is 0 Å². The second-order valence-corrected chi connectivity index (χ2v) is 9.31. The molecule has 0 unspecified atom stereocenters. The SMILES string of the molecule is CCc1ccc(NS(=O)(=O)c2ccc(O)c(C(C)=O)c2)c(CC[C@@H](O)C2CC2)c1. The molecule has 6 nitrogen and oxygen atoms in total. The highest BCUT2D eigenvalue weighted by molar-refractivity contribution is 7.92. The van der Waals surface area contributed by atoms with Crippen LogP contribution in [0.1, 0.15) is 54.6 Å². The second kappa shape index (κ2) is 8.55. The third kappa shape index (κ3) is 5.16. The first-order valence-corrected chi connectivity index (χ1v) is 11.4. The van der Waals surface area contributed by atoms with Gasteiger partial charge in [0.15, 0.2) is 5.78 Å². The van der Waals surface area contributed by atoms with Gasteiger partial charge in [-0.05, 0) is 80.3 Å². The second-order valence-electron chi connectivity index (χ2n) is 7.63. The number of nitrogens with one attached hydrogen (secondary N) is 1. The molecule has 0 amide bonds. The highest BCUT2D eigenvalue weighted by Gasteiger charge is 2.29. The zero-order valence-electron chi connectivity index (χ0n) is 16.7. The summed E-state index contributed by atoms with van der Waals surface area (Å²) in [5.41, 5.74) is 2.34. The normalized spacial score (nSPS) is 15.1. The summed E-state index contributed by atoms with van der Waals surface area (Å²) in [7, 11) is -3.95. The number of phenols is 1. The molecule has 3 rings (SSSR count). The Morgan fingerprint density at radius 1 is 1.21 bits per heavy atom. The molecule has 156 valence electrons. The zero-order valence-corrected chi connectivity index (χ0v) is 17.5. The minimum atomic E-state index is -3.95. The molecule has 29 heavy (non-hydrogen) atoms. The first kappa shape index (κ1) is 21.3. The molecule has 1 atom stereocenters. The fourth-order valence-corrected chi connectivity index (χ4v) is 4.49. The van der Waals surface area contributed by atoms with Crippen LogP contribution in [0.5, 0.6) is 5.75 Å². The lowest BCUT2D eigenvalue weighted by atomic mass is 10.00. The molecule has 0 radical (unpaired) electrons. The van der Waals surface area contributed by atoms with Crippen molar-refractivity contribution in [2.45, 2.75) is 57.0 Å². The Bertz CT molecular complexity index is 1010. The maximum atomic E-state index is 12.9. The van der Waals surface area contributed by atoms with Crippen molar-refractivity contribution in [2.24, 2.45) is 5.92 Å². The number of hydrogen-bond acceptors (Lipinski definition) is 5. The minimum absolute atomic E-state index is 0.0398. The van der Waals surface area contributed by atoms with Gasteiger partial charge in [0.25, 0.3) is 10.0 Å². The Kier molecular flexibility index (Phi) is 6.29. The van der Waals surface area contributed by atoms with Crippen LogP contribution in [0.25, 0.3) is 0 Å². The van der Waals surface area contributed by atoms with E-state index in [9.17, 15) is 23.4 Å². The number of aliphatic hydroxyl groups is 1. The molecule has 0 aromatic heterocycles. The van der Waals surface area contributed by atoms with E-state index in [-0.39, 0.29) is 22.3 Å². The number of sulfonamides is 1. The number of Topliss-reactive ketones (excluding diaryl/α,β-unsaturated/α-hetero) is 1. The largest absolute Gasteiger partial charge is 0.507 e. The van der Waals surface area contributed by atoms with Gasteiger partial charge in [-0.1, -0.05) is 19.1 Å². The quantitative estimate of drug-likeness (QED) is 0.540. The van der Waals surface area contributed by atoms with E-state index < -0.39 is 15.8 Å². The number of phenolic OH excluding ortho intramolecular Hbond substituents is 1. The van der Waals surface area contributed by atoms with Crippen LogP contribution in [0.2, 0.25) is 0 Å². The summed E-state index contributed by atoms with van der Waals surface area (Å²) in [6.07, 6.45) is 3.72. The number of aliphatic hydroxyl groups excluding tert-OH is 1. The third-order valence-corrected chi connectivity index (χ3v) is 6.72. The lowest BCUT2D eigenvalue weighted by molar-refractivity contribution is 0.101. The number of rotatable bonds is 9. The van der Waals surface area contributed by atoms with E-state index in [1.165, 1.54) is 25.1 Å². The Morgan fingerprint density at radius 3 is 2.55 bits per heavy atom. The van der Waals surface area contributed by atoms with Crippen LogP contribution in [-0.4, -0.2) is 30.5 Å². The standard InChI is InChI=1S/C22H27NO5S/c1-3-15-4-9-20(17(12-15)7-10-21(25)16-5-6-16)23-29(27,28)18-8-11-22(26)19(13-18)14(2)24/h4,8-9,11-13,16,21,23,25-26H,3,5-7,10H2,1-2H3/t21-/m1/s1. The molecule has 1 aliphatic carbocycles. The smallest absolute Gasteiger partial charge is 0.261 e. The van der Waals surface area contributed by atoms with Crippen LogP contribution >= 0.6 is 0 Å². The summed E-state index contributed by atoms with van der Waals surface area (Å²) in [5.74, 6) is -0.299. The van der Waals surface area contributed by atoms with E-state index in [2.05, 4.69) is 4.72 Å². The van der Waals surface area contributed by atoms with Crippen molar-refractivity contribution in [1.29, 1.82) is 0 Å². The molecule has 2 aromatic carbocycles. The van der Waals surface area contributed by atoms with Crippen molar-refractivity contribution in [3.05, 3.63) is 53.1 Å². The van der Waals surface area contributed by atoms with E-state index in [0.717, 1.165) is 30.4 Å². The number of carbonyl (C=O) groups is 1. The van der Waals surface area contributed by atoms with E-state index in [4.69, 9.17) is 0 Å². The van der Waals surface area contributed by atoms with Gasteiger partial charge >= 0.3 is 0 Å². The van der Waals surface area contributed by atoms with Gasteiger partial charge in [0.2, 0.25) is 0 Å². The molecule has 0 heterocycles. The first-order chi connectivity index (χ1) is 13.7. The Morgan fingerprint density at radius 2 is 1.93 bits per heavy atom. The van der Waals surface area contributed by atoms with Crippen molar-refractivity contribution >= 4 is 21.5 Å². The number of benzene rings is 2. The molecule has 7 heteroatoms. The van der Waals surface area contributed by atoms with Crippen LogP contribution < -0.4 is 4.72 Å². The predicted molar refractivity (Wildman–Crippen MR) is 112 cm³/mol.